The molecule has 1 fully saturated rings. The largest absolute Gasteiger partial charge is 0.480 e. The molecule has 3 rings (SSSR count). The van der Waals surface area contributed by atoms with E-state index in [0.717, 1.165) is 11.1 Å². The maximum absolute atomic E-state index is 11.8. The summed E-state index contributed by atoms with van der Waals surface area (Å²) in [6.07, 6.45) is 0.383. The van der Waals surface area contributed by atoms with Crippen LogP contribution in [0.1, 0.15) is 17.5 Å². The topological polar surface area (TPSA) is 86.7 Å². The van der Waals surface area contributed by atoms with Crippen LogP contribution in [0.5, 0.6) is 0 Å². The monoisotopic (exact) mass is 274 g/mol. The van der Waals surface area contributed by atoms with Gasteiger partial charge >= 0.3 is 5.97 Å². The highest BCUT2D eigenvalue weighted by Crippen LogP contribution is 2.27. The third-order valence-corrected chi connectivity index (χ3v) is 3.91. The molecule has 0 saturated carbocycles. The number of nitrogens with one attached hydrogen (secondary N) is 1. The first kappa shape index (κ1) is 12.8. The summed E-state index contributed by atoms with van der Waals surface area (Å²) >= 11 is 0. The molecule has 2 atom stereocenters. The Bertz CT molecular complexity index is 599. The lowest BCUT2D eigenvalue weighted by atomic mass is 9.92. The average molecular weight is 274 g/mol. The van der Waals surface area contributed by atoms with Gasteiger partial charge in [0.1, 0.15) is 6.04 Å². The molecule has 20 heavy (non-hydrogen) atoms. The van der Waals surface area contributed by atoms with Crippen LogP contribution >= 0.6 is 0 Å². The van der Waals surface area contributed by atoms with Crippen molar-refractivity contribution in [1.82, 2.24) is 10.2 Å². The van der Waals surface area contributed by atoms with Gasteiger partial charge < -0.3 is 5.11 Å². The molecule has 2 N–H and O–H groups in total. The maximum atomic E-state index is 11.8. The van der Waals surface area contributed by atoms with Crippen molar-refractivity contribution in [2.75, 3.05) is 0 Å². The first-order chi connectivity index (χ1) is 9.56. The quantitative estimate of drug-likeness (QED) is 0.736. The maximum Gasteiger partial charge on any atom is 0.321 e. The van der Waals surface area contributed by atoms with Crippen LogP contribution in [-0.4, -0.2) is 39.9 Å². The molecule has 2 aliphatic rings. The van der Waals surface area contributed by atoms with E-state index in [2.05, 4.69) is 5.32 Å². The minimum absolute atomic E-state index is 0.0325. The van der Waals surface area contributed by atoms with Gasteiger partial charge in [0.2, 0.25) is 11.8 Å². The van der Waals surface area contributed by atoms with Crippen LogP contribution < -0.4 is 5.32 Å². The number of nitrogens with zero attached hydrogens (tertiary/aromatic N) is 1. The second kappa shape index (κ2) is 4.72. The predicted octanol–water partition coefficient (Wildman–Crippen LogP) is -0.0870. The Morgan fingerprint density at radius 2 is 1.90 bits per heavy atom. The van der Waals surface area contributed by atoms with Gasteiger partial charge in [0.15, 0.2) is 0 Å². The van der Waals surface area contributed by atoms with Crippen molar-refractivity contribution >= 4 is 17.8 Å². The van der Waals surface area contributed by atoms with Crippen molar-refractivity contribution in [3.63, 3.8) is 0 Å². The highest BCUT2D eigenvalue weighted by molar-refractivity contribution is 6.05. The summed E-state index contributed by atoms with van der Waals surface area (Å²) in [6.45, 7) is 0.374. The standard InChI is InChI=1S/C14H14N2O4/c17-12-6-10(13(18)15-12)16-7-9-4-2-1-3-8(9)5-11(16)14(19)20/h1-4,10-11H,5-7H2,(H,19,20)(H,15,17,18). The van der Waals surface area contributed by atoms with Crippen LogP contribution in [-0.2, 0) is 27.3 Å². The number of amides is 2. The molecule has 0 aromatic heterocycles. The summed E-state index contributed by atoms with van der Waals surface area (Å²) in [5, 5.41) is 11.6. The lowest BCUT2D eigenvalue weighted by Gasteiger charge is -2.36. The van der Waals surface area contributed by atoms with Crippen LogP contribution in [0.2, 0.25) is 0 Å². The first-order valence-electron chi connectivity index (χ1n) is 6.45. The van der Waals surface area contributed by atoms with Crippen molar-refractivity contribution in [1.29, 1.82) is 0 Å². The number of imide groups is 1. The molecule has 6 nitrogen and oxygen atoms in total. The van der Waals surface area contributed by atoms with E-state index in [1.807, 2.05) is 24.3 Å². The van der Waals surface area contributed by atoms with Crippen molar-refractivity contribution in [3.8, 4) is 0 Å². The van der Waals surface area contributed by atoms with Crippen LogP contribution in [0, 0.1) is 0 Å². The fourth-order valence-corrected chi connectivity index (χ4v) is 2.91. The zero-order valence-electron chi connectivity index (χ0n) is 10.7. The third-order valence-electron chi connectivity index (χ3n) is 3.91. The molecule has 1 saturated heterocycles. The lowest BCUT2D eigenvalue weighted by Crippen LogP contribution is -2.52. The van der Waals surface area contributed by atoms with E-state index in [0.29, 0.717) is 13.0 Å². The fraction of sp³-hybridized carbons (Fsp3) is 0.357. The number of aliphatic carboxylic acids is 1. The van der Waals surface area contributed by atoms with Gasteiger partial charge in [0, 0.05) is 6.54 Å². The van der Waals surface area contributed by atoms with Gasteiger partial charge in [0.05, 0.1) is 12.5 Å². The molecule has 2 heterocycles. The third kappa shape index (κ3) is 2.08. The summed E-state index contributed by atoms with van der Waals surface area (Å²) in [7, 11) is 0. The number of carbonyl (C=O) groups excluding carboxylic acids is 2. The van der Waals surface area contributed by atoms with Gasteiger partial charge in [-0.15, -0.1) is 0 Å². The van der Waals surface area contributed by atoms with E-state index in [4.69, 9.17) is 0 Å². The van der Waals surface area contributed by atoms with Crippen molar-refractivity contribution < 1.29 is 19.5 Å². The van der Waals surface area contributed by atoms with E-state index in [1.54, 1.807) is 4.90 Å². The van der Waals surface area contributed by atoms with Crippen LogP contribution in [0.25, 0.3) is 0 Å². The Hall–Kier alpha value is -2.21. The Morgan fingerprint density at radius 3 is 2.50 bits per heavy atom. The molecule has 0 aliphatic carbocycles. The Kier molecular flexibility index (Phi) is 3.02. The highest BCUT2D eigenvalue weighted by Gasteiger charge is 2.42. The van der Waals surface area contributed by atoms with E-state index in [-0.39, 0.29) is 12.3 Å². The highest BCUT2D eigenvalue weighted by atomic mass is 16.4. The molecule has 1 aromatic carbocycles. The molecule has 2 unspecified atom stereocenters. The Labute approximate surface area is 115 Å². The van der Waals surface area contributed by atoms with Gasteiger partial charge in [-0.2, -0.15) is 0 Å². The average Bonchev–Trinajstić information content (AvgIpc) is 2.76. The summed E-state index contributed by atoms with van der Waals surface area (Å²) < 4.78 is 0. The van der Waals surface area contributed by atoms with Gasteiger partial charge in [-0.25, -0.2) is 0 Å². The van der Waals surface area contributed by atoms with E-state index < -0.39 is 24.0 Å². The van der Waals surface area contributed by atoms with Crippen molar-refractivity contribution in [2.24, 2.45) is 0 Å². The number of fused-ring (bicyclic) bond motifs is 1. The molecule has 1 aromatic rings. The lowest BCUT2D eigenvalue weighted by molar-refractivity contribution is -0.146. The molecule has 0 bridgehead atoms. The zero-order chi connectivity index (χ0) is 14.3. The molecule has 2 amide bonds. The van der Waals surface area contributed by atoms with Crippen LogP contribution in [0.4, 0.5) is 0 Å². The van der Waals surface area contributed by atoms with Crippen LogP contribution in [0.3, 0.4) is 0 Å². The summed E-state index contributed by atoms with van der Waals surface area (Å²) in [5.41, 5.74) is 2.00. The molecule has 0 radical (unpaired) electrons. The second-order valence-electron chi connectivity index (χ2n) is 5.13. The molecule has 6 heteroatoms. The zero-order valence-corrected chi connectivity index (χ0v) is 10.7. The number of carbonyl (C=O) groups is 3. The van der Waals surface area contributed by atoms with E-state index in [1.165, 1.54) is 0 Å². The number of hydrogen-bond donors (Lipinski definition) is 2. The van der Waals surface area contributed by atoms with E-state index >= 15 is 0 Å². The molecular formula is C14H14N2O4. The Balaban J connectivity index is 1.94. The van der Waals surface area contributed by atoms with Crippen molar-refractivity contribution in [3.05, 3.63) is 35.4 Å². The summed E-state index contributed by atoms with van der Waals surface area (Å²) in [5.74, 6) is -1.71. The van der Waals surface area contributed by atoms with Crippen molar-refractivity contribution in [2.45, 2.75) is 31.5 Å². The molecule has 0 spiro atoms. The molecular weight excluding hydrogens is 260 g/mol. The van der Waals surface area contributed by atoms with Gasteiger partial charge in [-0.1, -0.05) is 24.3 Å². The van der Waals surface area contributed by atoms with Crippen LogP contribution in [0.15, 0.2) is 24.3 Å². The number of carboxylic acid groups (broad SMARTS) is 1. The first-order valence-corrected chi connectivity index (χ1v) is 6.45. The second-order valence-corrected chi connectivity index (χ2v) is 5.13. The number of carboxylic acids is 1. The minimum Gasteiger partial charge on any atom is -0.480 e. The smallest absolute Gasteiger partial charge is 0.321 e. The molecule has 2 aliphatic heterocycles. The predicted molar refractivity (Wildman–Crippen MR) is 68.7 cm³/mol. The summed E-state index contributed by atoms with van der Waals surface area (Å²) in [4.78, 5) is 36.2. The number of rotatable bonds is 2. The fourth-order valence-electron chi connectivity index (χ4n) is 2.91. The minimum atomic E-state index is -0.966. The summed E-state index contributed by atoms with van der Waals surface area (Å²) in [6, 6.07) is 6.14. The SMILES string of the molecule is O=C1CC(N2Cc3ccccc3CC2C(=O)O)C(=O)N1. The van der Waals surface area contributed by atoms with Gasteiger partial charge in [0.25, 0.3) is 0 Å². The van der Waals surface area contributed by atoms with Gasteiger partial charge in [-0.05, 0) is 17.5 Å². The Morgan fingerprint density at radius 1 is 1.20 bits per heavy atom. The molecule has 104 valence electrons. The number of benzene rings is 1. The van der Waals surface area contributed by atoms with Gasteiger partial charge in [-0.3, -0.25) is 24.6 Å². The number of hydrogen-bond acceptors (Lipinski definition) is 4. The van der Waals surface area contributed by atoms with E-state index in [9.17, 15) is 19.5 Å². The normalized spacial score (nSPS) is 26.2.